The molecule has 1 aromatic heterocycles. The molecule has 1 aliphatic rings. The average Bonchev–Trinajstić information content (AvgIpc) is 3.08. The summed E-state index contributed by atoms with van der Waals surface area (Å²) in [6.07, 6.45) is 27.4. The van der Waals surface area contributed by atoms with E-state index in [0.29, 0.717) is 17.1 Å². The largest absolute Gasteiger partial charge is 0.494 e. The first-order chi connectivity index (χ1) is 22.2. The van der Waals surface area contributed by atoms with Crippen molar-refractivity contribution in [3.05, 3.63) is 72.1 Å². The third kappa shape index (κ3) is 12.2. The molecule has 5 heteroatoms. The first-order valence-corrected chi connectivity index (χ1v) is 18.0. The smallest absolute Gasteiger partial charge is 0.343 e. The topological polar surface area (TPSA) is 61.3 Å². The number of hydrogen-bond donors (Lipinski definition) is 0. The third-order valence-corrected chi connectivity index (χ3v) is 9.42. The molecule has 1 aliphatic carbocycles. The Morgan fingerprint density at radius 1 is 0.689 bits per heavy atom. The van der Waals surface area contributed by atoms with Gasteiger partial charge in [-0.15, -0.1) is 0 Å². The summed E-state index contributed by atoms with van der Waals surface area (Å²) in [5.74, 6) is 3.39. The fourth-order valence-electron chi connectivity index (χ4n) is 6.68. The average molecular weight is 613 g/mol. The molecule has 2 atom stereocenters. The maximum Gasteiger partial charge on any atom is 0.343 e. The van der Waals surface area contributed by atoms with Gasteiger partial charge in [0.25, 0.3) is 0 Å². The predicted molar refractivity (Wildman–Crippen MR) is 185 cm³/mol. The van der Waals surface area contributed by atoms with E-state index in [-0.39, 0.29) is 5.97 Å². The van der Waals surface area contributed by atoms with Crippen molar-refractivity contribution in [3.8, 4) is 22.9 Å². The Bertz CT molecular complexity index is 1220. The zero-order valence-corrected chi connectivity index (χ0v) is 28.0. The van der Waals surface area contributed by atoms with Crippen LogP contribution in [0.25, 0.3) is 11.4 Å². The number of nitrogens with zero attached hydrogens (tertiary/aromatic N) is 2. The van der Waals surface area contributed by atoms with Crippen LogP contribution in [0.5, 0.6) is 11.5 Å². The molecule has 1 saturated carbocycles. The van der Waals surface area contributed by atoms with Gasteiger partial charge >= 0.3 is 5.97 Å². The quantitative estimate of drug-likeness (QED) is 0.0721. The molecule has 244 valence electrons. The van der Waals surface area contributed by atoms with Gasteiger partial charge in [-0.2, -0.15) is 0 Å². The Morgan fingerprint density at radius 2 is 1.27 bits per heavy atom. The second kappa shape index (κ2) is 20.0. The van der Waals surface area contributed by atoms with E-state index in [2.05, 4.69) is 23.8 Å². The lowest BCUT2D eigenvalue weighted by molar-refractivity contribution is 0.0734. The van der Waals surface area contributed by atoms with Crippen molar-refractivity contribution in [2.45, 2.75) is 129 Å². The normalized spacial score (nSPS) is 16.4. The molecule has 0 N–H and O–H groups in total. The second-order valence-electron chi connectivity index (χ2n) is 13.0. The van der Waals surface area contributed by atoms with Crippen LogP contribution < -0.4 is 9.47 Å². The zero-order chi connectivity index (χ0) is 31.5. The molecule has 1 fully saturated rings. The number of carbonyl (C=O) groups excluding carboxylic acids is 1. The molecule has 2 aromatic carbocycles. The number of aromatic nitrogens is 2. The van der Waals surface area contributed by atoms with Gasteiger partial charge in [0.1, 0.15) is 11.5 Å². The van der Waals surface area contributed by atoms with Crippen LogP contribution in [0.4, 0.5) is 0 Å². The summed E-state index contributed by atoms with van der Waals surface area (Å²) >= 11 is 0. The number of esters is 1. The number of ether oxygens (including phenoxy) is 2. The summed E-state index contributed by atoms with van der Waals surface area (Å²) in [5.41, 5.74) is 2.55. The summed E-state index contributed by atoms with van der Waals surface area (Å²) in [4.78, 5) is 21.9. The SMILES string of the molecule is CCCCCCCCCc1cnc(-c2ccc(C(=O)Oc3ccc(OCCCC4CCCCC4CCCCC)cc3)cc2)nc1. The molecule has 5 nitrogen and oxygen atoms in total. The number of unbranched alkanes of at least 4 members (excludes halogenated alkanes) is 8. The van der Waals surface area contributed by atoms with E-state index in [1.165, 1.54) is 108 Å². The van der Waals surface area contributed by atoms with Crippen LogP contribution in [0.3, 0.4) is 0 Å². The summed E-state index contributed by atoms with van der Waals surface area (Å²) in [6.45, 7) is 5.28. The Balaban J connectivity index is 1.16. The fraction of sp³-hybridized carbons (Fsp3) is 0.575. The summed E-state index contributed by atoms with van der Waals surface area (Å²) < 4.78 is 11.6. The van der Waals surface area contributed by atoms with Gasteiger partial charge in [0.2, 0.25) is 0 Å². The maximum absolute atomic E-state index is 12.8. The third-order valence-electron chi connectivity index (χ3n) is 9.42. The summed E-state index contributed by atoms with van der Waals surface area (Å²) in [6, 6.07) is 14.7. The lowest BCUT2D eigenvalue weighted by atomic mass is 9.74. The van der Waals surface area contributed by atoms with Gasteiger partial charge in [-0.1, -0.05) is 116 Å². The van der Waals surface area contributed by atoms with Gasteiger partial charge in [-0.25, -0.2) is 14.8 Å². The molecule has 2 unspecified atom stereocenters. The monoisotopic (exact) mass is 612 g/mol. The van der Waals surface area contributed by atoms with Crippen molar-refractivity contribution in [3.63, 3.8) is 0 Å². The molecule has 0 saturated heterocycles. The standard InChI is InChI=1S/C40H56N2O3/c1-3-5-7-8-9-10-12-16-32-30-41-39(42-31-32)35-21-23-36(24-22-35)40(43)45-38-27-25-37(26-28-38)44-29-15-20-34-19-14-13-18-33(34)17-11-6-4-2/h21-28,30-31,33-34H,3-20,29H2,1-2H3. The molecular formula is C40H56N2O3. The molecule has 45 heavy (non-hydrogen) atoms. The van der Waals surface area contributed by atoms with E-state index >= 15 is 0 Å². The van der Waals surface area contributed by atoms with Gasteiger partial charge in [-0.05, 0) is 79.5 Å². The minimum atomic E-state index is -0.387. The van der Waals surface area contributed by atoms with Gasteiger partial charge in [-0.3, -0.25) is 0 Å². The highest BCUT2D eigenvalue weighted by molar-refractivity contribution is 5.91. The van der Waals surface area contributed by atoms with Crippen LogP contribution in [-0.4, -0.2) is 22.5 Å². The molecule has 0 radical (unpaired) electrons. The number of carbonyl (C=O) groups is 1. The summed E-state index contributed by atoms with van der Waals surface area (Å²) in [5, 5.41) is 0. The maximum atomic E-state index is 12.8. The van der Waals surface area contributed by atoms with Crippen LogP contribution in [0.1, 0.15) is 139 Å². The van der Waals surface area contributed by atoms with Crippen LogP contribution in [0.15, 0.2) is 60.9 Å². The van der Waals surface area contributed by atoms with E-state index in [0.717, 1.165) is 42.6 Å². The van der Waals surface area contributed by atoms with Gasteiger partial charge in [0.15, 0.2) is 5.82 Å². The predicted octanol–water partition coefficient (Wildman–Crippen LogP) is 11.2. The van der Waals surface area contributed by atoms with E-state index in [9.17, 15) is 4.79 Å². The van der Waals surface area contributed by atoms with Crippen molar-refractivity contribution in [2.75, 3.05) is 6.61 Å². The number of aryl methyl sites for hydroxylation is 1. The Morgan fingerprint density at radius 3 is 1.93 bits per heavy atom. The van der Waals surface area contributed by atoms with Crippen molar-refractivity contribution < 1.29 is 14.3 Å². The Kier molecular flexibility index (Phi) is 15.4. The first-order valence-electron chi connectivity index (χ1n) is 18.0. The molecule has 3 aromatic rings. The van der Waals surface area contributed by atoms with Crippen molar-refractivity contribution in [1.29, 1.82) is 0 Å². The van der Waals surface area contributed by atoms with Crippen LogP contribution in [-0.2, 0) is 6.42 Å². The molecule has 0 bridgehead atoms. The molecular weight excluding hydrogens is 556 g/mol. The fourth-order valence-corrected chi connectivity index (χ4v) is 6.68. The summed E-state index contributed by atoms with van der Waals surface area (Å²) in [7, 11) is 0. The van der Waals surface area contributed by atoms with Gasteiger partial charge in [0.05, 0.1) is 12.2 Å². The van der Waals surface area contributed by atoms with Crippen molar-refractivity contribution in [1.82, 2.24) is 9.97 Å². The van der Waals surface area contributed by atoms with E-state index < -0.39 is 0 Å². The zero-order valence-electron chi connectivity index (χ0n) is 28.0. The Hall–Kier alpha value is -3.21. The minimum absolute atomic E-state index is 0.387. The van der Waals surface area contributed by atoms with E-state index in [4.69, 9.17) is 9.47 Å². The molecule has 1 heterocycles. The van der Waals surface area contributed by atoms with E-state index in [1.807, 2.05) is 36.7 Å². The van der Waals surface area contributed by atoms with Crippen molar-refractivity contribution in [2.24, 2.45) is 11.8 Å². The van der Waals surface area contributed by atoms with Crippen LogP contribution in [0, 0.1) is 11.8 Å². The molecule has 0 spiro atoms. The number of benzene rings is 2. The molecule has 0 aliphatic heterocycles. The van der Waals surface area contributed by atoms with Crippen LogP contribution in [0.2, 0.25) is 0 Å². The van der Waals surface area contributed by atoms with Crippen molar-refractivity contribution >= 4 is 5.97 Å². The Labute approximate surface area is 272 Å². The number of hydrogen-bond acceptors (Lipinski definition) is 5. The van der Waals surface area contributed by atoms with Gasteiger partial charge in [0, 0.05) is 18.0 Å². The van der Waals surface area contributed by atoms with Gasteiger partial charge < -0.3 is 9.47 Å². The molecule has 0 amide bonds. The highest BCUT2D eigenvalue weighted by atomic mass is 16.5. The number of rotatable bonds is 20. The van der Waals surface area contributed by atoms with E-state index in [1.54, 1.807) is 24.3 Å². The first kappa shape index (κ1) is 34.7. The second-order valence-corrected chi connectivity index (χ2v) is 13.0. The highest BCUT2D eigenvalue weighted by Gasteiger charge is 2.24. The molecule has 4 rings (SSSR count). The van der Waals surface area contributed by atoms with Crippen LogP contribution >= 0.6 is 0 Å². The minimum Gasteiger partial charge on any atom is -0.494 e. The lowest BCUT2D eigenvalue weighted by Crippen LogP contribution is -2.20. The highest BCUT2D eigenvalue weighted by Crippen LogP contribution is 2.36. The lowest BCUT2D eigenvalue weighted by Gasteiger charge is -2.31.